The number of aromatic nitrogens is 1. The number of nitrogens with zero attached hydrogens (tertiary/aromatic N) is 2. The average molecular weight is 281 g/mol. The lowest BCUT2D eigenvalue weighted by Crippen LogP contribution is -2.42. The Kier molecular flexibility index (Phi) is 3.60. The van der Waals surface area contributed by atoms with Crippen molar-refractivity contribution < 1.29 is 4.79 Å². The summed E-state index contributed by atoms with van der Waals surface area (Å²) < 4.78 is 0. The quantitative estimate of drug-likeness (QED) is 0.920. The fourth-order valence-corrected chi connectivity index (χ4v) is 2.90. The van der Waals surface area contributed by atoms with Crippen molar-refractivity contribution in [3.05, 3.63) is 53.7 Å². The predicted molar refractivity (Wildman–Crippen MR) is 84.8 cm³/mol. The predicted octanol–water partition coefficient (Wildman–Crippen LogP) is 3.10. The van der Waals surface area contributed by atoms with E-state index in [0.717, 1.165) is 18.5 Å². The summed E-state index contributed by atoms with van der Waals surface area (Å²) in [6.07, 6.45) is 3.70. The first-order valence-corrected chi connectivity index (χ1v) is 7.26. The first-order valence-electron chi connectivity index (χ1n) is 7.26. The standard InChI is InChI=1S/C17H19N3O/c1-12-9-10-13-6-3-4-8-15(13)20(12)17(21)14-7-5-11-19-16(14)18-2/h3-8,11-12H,9-10H2,1-2H3,(H,18,19). The van der Waals surface area contributed by atoms with E-state index in [1.165, 1.54) is 5.56 Å². The van der Waals surface area contributed by atoms with Gasteiger partial charge in [-0.3, -0.25) is 4.79 Å². The van der Waals surface area contributed by atoms with E-state index >= 15 is 0 Å². The number of carbonyl (C=O) groups is 1. The van der Waals surface area contributed by atoms with E-state index in [1.54, 1.807) is 19.3 Å². The first-order chi connectivity index (χ1) is 10.2. The lowest BCUT2D eigenvalue weighted by atomic mass is 9.96. The average Bonchev–Trinajstić information content (AvgIpc) is 2.54. The van der Waals surface area contributed by atoms with Crippen molar-refractivity contribution in [2.45, 2.75) is 25.8 Å². The van der Waals surface area contributed by atoms with E-state index in [4.69, 9.17) is 0 Å². The van der Waals surface area contributed by atoms with Crippen molar-refractivity contribution >= 4 is 17.4 Å². The number of carbonyl (C=O) groups excluding carboxylic acids is 1. The van der Waals surface area contributed by atoms with Crippen LogP contribution in [0.25, 0.3) is 0 Å². The van der Waals surface area contributed by atoms with Gasteiger partial charge in [0.05, 0.1) is 5.56 Å². The highest BCUT2D eigenvalue weighted by Gasteiger charge is 2.29. The second-order valence-corrected chi connectivity index (χ2v) is 5.34. The number of fused-ring (bicyclic) bond motifs is 1. The molecule has 0 spiro atoms. The fourth-order valence-electron chi connectivity index (χ4n) is 2.90. The third-order valence-corrected chi connectivity index (χ3v) is 4.02. The van der Waals surface area contributed by atoms with Crippen LogP contribution < -0.4 is 10.2 Å². The molecule has 1 unspecified atom stereocenters. The molecule has 1 aromatic heterocycles. The molecule has 108 valence electrons. The third-order valence-electron chi connectivity index (χ3n) is 4.02. The lowest BCUT2D eigenvalue weighted by molar-refractivity contribution is 0.0975. The minimum atomic E-state index is 0.00657. The first kappa shape index (κ1) is 13.6. The number of pyridine rings is 1. The van der Waals surface area contributed by atoms with E-state index in [-0.39, 0.29) is 11.9 Å². The van der Waals surface area contributed by atoms with Crippen LogP contribution in [-0.4, -0.2) is 24.0 Å². The van der Waals surface area contributed by atoms with Gasteiger partial charge >= 0.3 is 0 Å². The summed E-state index contributed by atoms with van der Waals surface area (Å²) in [6, 6.07) is 12.0. The van der Waals surface area contributed by atoms with E-state index in [9.17, 15) is 4.79 Å². The van der Waals surface area contributed by atoms with Crippen molar-refractivity contribution in [2.75, 3.05) is 17.3 Å². The van der Waals surface area contributed by atoms with Crippen LogP contribution in [0.4, 0.5) is 11.5 Å². The monoisotopic (exact) mass is 281 g/mol. The van der Waals surface area contributed by atoms with Gasteiger partial charge in [-0.25, -0.2) is 4.98 Å². The molecule has 0 aliphatic carbocycles. The van der Waals surface area contributed by atoms with Crippen LogP contribution in [0.15, 0.2) is 42.6 Å². The van der Waals surface area contributed by atoms with Crippen LogP contribution in [0.3, 0.4) is 0 Å². The van der Waals surface area contributed by atoms with Crippen molar-refractivity contribution in [2.24, 2.45) is 0 Å². The van der Waals surface area contributed by atoms with E-state index in [1.807, 2.05) is 29.2 Å². The molecule has 0 saturated carbocycles. The van der Waals surface area contributed by atoms with Gasteiger partial charge < -0.3 is 10.2 Å². The van der Waals surface area contributed by atoms with Gasteiger partial charge in [-0.05, 0) is 43.5 Å². The molecular formula is C17H19N3O. The number of nitrogens with one attached hydrogen (secondary N) is 1. The van der Waals surface area contributed by atoms with Gasteiger partial charge in [0.25, 0.3) is 5.91 Å². The summed E-state index contributed by atoms with van der Waals surface area (Å²) in [6.45, 7) is 2.10. The Morgan fingerprint density at radius 2 is 2.10 bits per heavy atom. The Hall–Kier alpha value is -2.36. The molecule has 1 N–H and O–H groups in total. The second-order valence-electron chi connectivity index (χ2n) is 5.34. The Bertz CT molecular complexity index is 669. The van der Waals surface area contributed by atoms with Gasteiger partial charge in [0, 0.05) is 25.0 Å². The molecule has 0 saturated heterocycles. The van der Waals surface area contributed by atoms with E-state index < -0.39 is 0 Å². The molecule has 1 atom stereocenters. The molecule has 1 aromatic carbocycles. The number of amides is 1. The SMILES string of the molecule is CNc1ncccc1C(=O)N1c2ccccc2CCC1C. The molecule has 1 amide bonds. The number of anilines is 2. The van der Waals surface area contributed by atoms with Crippen LogP contribution in [0.1, 0.15) is 29.3 Å². The van der Waals surface area contributed by atoms with Crippen LogP contribution in [0.5, 0.6) is 0 Å². The number of para-hydroxylation sites is 1. The Morgan fingerprint density at radius 3 is 2.90 bits per heavy atom. The fraction of sp³-hybridized carbons (Fsp3) is 0.294. The number of hydrogen-bond donors (Lipinski definition) is 1. The summed E-state index contributed by atoms with van der Waals surface area (Å²) in [5.41, 5.74) is 2.87. The smallest absolute Gasteiger partial charge is 0.262 e. The molecule has 4 nitrogen and oxygen atoms in total. The van der Waals surface area contributed by atoms with Crippen molar-refractivity contribution in [3.8, 4) is 0 Å². The van der Waals surface area contributed by atoms with Crippen LogP contribution in [0.2, 0.25) is 0 Å². The summed E-state index contributed by atoms with van der Waals surface area (Å²) >= 11 is 0. The summed E-state index contributed by atoms with van der Waals surface area (Å²) in [5, 5.41) is 3.00. The largest absolute Gasteiger partial charge is 0.372 e. The number of benzene rings is 1. The summed E-state index contributed by atoms with van der Waals surface area (Å²) in [5.74, 6) is 0.629. The summed E-state index contributed by atoms with van der Waals surface area (Å²) in [7, 11) is 1.78. The van der Waals surface area contributed by atoms with Gasteiger partial charge in [-0.1, -0.05) is 18.2 Å². The lowest BCUT2D eigenvalue weighted by Gasteiger charge is -2.35. The molecule has 1 aliphatic heterocycles. The molecular weight excluding hydrogens is 262 g/mol. The van der Waals surface area contributed by atoms with Crippen LogP contribution in [-0.2, 0) is 6.42 Å². The number of aryl methyl sites for hydroxylation is 1. The Labute approximate surface area is 124 Å². The van der Waals surface area contributed by atoms with Crippen molar-refractivity contribution in [3.63, 3.8) is 0 Å². The molecule has 2 aromatic rings. The molecule has 2 heterocycles. The van der Waals surface area contributed by atoms with E-state index in [2.05, 4.69) is 23.3 Å². The topological polar surface area (TPSA) is 45.2 Å². The molecule has 3 rings (SSSR count). The maximum absolute atomic E-state index is 13.0. The summed E-state index contributed by atoms with van der Waals surface area (Å²) in [4.78, 5) is 19.1. The van der Waals surface area contributed by atoms with Gasteiger partial charge in [-0.2, -0.15) is 0 Å². The zero-order valence-electron chi connectivity index (χ0n) is 12.3. The molecule has 21 heavy (non-hydrogen) atoms. The second kappa shape index (κ2) is 5.56. The molecule has 0 radical (unpaired) electrons. The molecule has 4 heteroatoms. The highest BCUT2D eigenvalue weighted by molar-refractivity contribution is 6.10. The molecule has 0 bridgehead atoms. The zero-order valence-corrected chi connectivity index (χ0v) is 12.3. The minimum Gasteiger partial charge on any atom is -0.372 e. The minimum absolute atomic E-state index is 0.00657. The van der Waals surface area contributed by atoms with E-state index in [0.29, 0.717) is 11.4 Å². The van der Waals surface area contributed by atoms with Crippen molar-refractivity contribution in [1.29, 1.82) is 0 Å². The number of hydrogen-bond acceptors (Lipinski definition) is 3. The zero-order chi connectivity index (χ0) is 14.8. The van der Waals surface area contributed by atoms with Gasteiger partial charge in [-0.15, -0.1) is 0 Å². The van der Waals surface area contributed by atoms with Gasteiger partial charge in [0.15, 0.2) is 0 Å². The van der Waals surface area contributed by atoms with Crippen LogP contribution in [0, 0.1) is 0 Å². The number of rotatable bonds is 2. The molecule has 0 fully saturated rings. The van der Waals surface area contributed by atoms with Gasteiger partial charge in [0.1, 0.15) is 5.82 Å². The van der Waals surface area contributed by atoms with Crippen LogP contribution >= 0.6 is 0 Å². The van der Waals surface area contributed by atoms with Gasteiger partial charge in [0.2, 0.25) is 0 Å². The highest BCUT2D eigenvalue weighted by Crippen LogP contribution is 2.32. The highest BCUT2D eigenvalue weighted by atomic mass is 16.2. The Morgan fingerprint density at radius 1 is 1.29 bits per heavy atom. The maximum atomic E-state index is 13.0. The Balaban J connectivity index is 2.05. The van der Waals surface area contributed by atoms with Crippen molar-refractivity contribution in [1.82, 2.24) is 4.98 Å². The normalized spacial score (nSPS) is 17.2. The maximum Gasteiger partial charge on any atom is 0.262 e. The third kappa shape index (κ3) is 2.37. The molecule has 1 aliphatic rings.